The van der Waals surface area contributed by atoms with Crippen molar-refractivity contribution in [3.05, 3.63) is 34.9 Å². The van der Waals surface area contributed by atoms with Gasteiger partial charge in [-0.15, -0.1) is 0 Å². The first-order chi connectivity index (χ1) is 10.6. The van der Waals surface area contributed by atoms with Crippen LogP contribution in [0.2, 0.25) is 5.02 Å². The standard InChI is InChI=1S/C16H17ClN2O3/c17-12-8-6-11(7-9-12)10-18-14(20)15(21)19(16(18)22)13-4-2-1-3-5-13/h6-9,13H,1-5,10H2. The number of imide groups is 2. The lowest BCUT2D eigenvalue weighted by molar-refractivity contribution is -0.144. The zero-order valence-corrected chi connectivity index (χ0v) is 12.9. The van der Waals surface area contributed by atoms with Crippen molar-refractivity contribution in [2.24, 2.45) is 0 Å². The maximum Gasteiger partial charge on any atom is 0.334 e. The van der Waals surface area contributed by atoms with Crippen LogP contribution in [0.4, 0.5) is 4.79 Å². The minimum Gasteiger partial charge on any atom is -0.263 e. The van der Waals surface area contributed by atoms with Crippen molar-refractivity contribution in [1.29, 1.82) is 0 Å². The molecular weight excluding hydrogens is 304 g/mol. The van der Waals surface area contributed by atoms with Gasteiger partial charge in [0.25, 0.3) is 0 Å². The molecule has 0 unspecified atom stereocenters. The van der Waals surface area contributed by atoms with Crippen molar-refractivity contribution < 1.29 is 14.4 Å². The molecule has 1 aromatic carbocycles. The van der Waals surface area contributed by atoms with Crippen LogP contribution in [0.25, 0.3) is 0 Å². The van der Waals surface area contributed by atoms with E-state index in [4.69, 9.17) is 11.6 Å². The highest BCUT2D eigenvalue weighted by Crippen LogP contribution is 2.27. The molecule has 116 valence electrons. The fourth-order valence-corrected chi connectivity index (χ4v) is 3.22. The maximum atomic E-state index is 12.5. The van der Waals surface area contributed by atoms with Crippen LogP contribution in [-0.4, -0.2) is 33.7 Å². The summed E-state index contributed by atoms with van der Waals surface area (Å²) >= 11 is 5.82. The first-order valence-electron chi connectivity index (χ1n) is 7.51. The molecule has 22 heavy (non-hydrogen) atoms. The minimum atomic E-state index is -0.731. The molecule has 0 N–H and O–H groups in total. The van der Waals surface area contributed by atoms with Crippen molar-refractivity contribution >= 4 is 29.4 Å². The van der Waals surface area contributed by atoms with Crippen molar-refractivity contribution in [1.82, 2.24) is 9.80 Å². The molecule has 1 aliphatic heterocycles. The van der Waals surface area contributed by atoms with E-state index in [1.165, 1.54) is 0 Å². The number of carbonyl (C=O) groups excluding carboxylic acids is 3. The lowest BCUT2D eigenvalue weighted by Gasteiger charge is -2.28. The first-order valence-corrected chi connectivity index (χ1v) is 7.89. The Kier molecular flexibility index (Phi) is 4.16. The van der Waals surface area contributed by atoms with Gasteiger partial charge in [-0.2, -0.15) is 0 Å². The fraction of sp³-hybridized carbons (Fsp3) is 0.438. The molecule has 1 saturated carbocycles. The minimum absolute atomic E-state index is 0.101. The largest absolute Gasteiger partial charge is 0.334 e. The summed E-state index contributed by atoms with van der Waals surface area (Å²) in [5.74, 6) is -1.42. The first kappa shape index (κ1) is 15.0. The summed E-state index contributed by atoms with van der Waals surface area (Å²) in [5.41, 5.74) is 0.768. The van der Waals surface area contributed by atoms with E-state index in [0.29, 0.717) is 5.02 Å². The van der Waals surface area contributed by atoms with Gasteiger partial charge in [0.05, 0.1) is 6.54 Å². The molecule has 1 aromatic rings. The summed E-state index contributed by atoms with van der Waals surface area (Å²) in [7, 11) is 0. The Morgan fingerprint density at radius 2 is 1.59 bits per heavy atom. The summed E-state index contributed by atoms with van der Waals surface area (Å²) < 4.78 is 0. The molecule has 2 aliphatic rings. The van der Waals surface area contributed by atoms with E-state index >= 15 is 0 Å². The molecule has 0 radical (unpaired) electrons. The number of rotatable bonds is 3. The normalized spacial score (nSPS) is 20.1. The Balaban J connectivity index is 1.77. The molecule has 4 amide bonds. The van der Waals surface area contributed by atoms with Gasteiger partial charge < -0.3 is 0 Å². The van der Waals surface area contributed by atoms with E-state index in [0.717, 1.165) is 47.5 Å². The third-order valence-electron chi connectivity index (χ3n) is 4.28. The Bertz CT molecular complexity index is 608. The van der Waals surface area contributed by atoms with Gasteiger partial charge in [0.15, 0.2) is 0 Å². The number of hydrogen-bond acceptors (Lipinski definition) is 3. The zero-order chi connectivity index (χ0) is 15.7. The van der Waals surface area contributed by atoms with Crippen molar-refractivity contribution in [3.8, 4) is 0 Å². The molecule has 0 atom stereocenters. The van der Waals surface area contributed by atoms with Crippen LogP contribution >= 0.6 is 11.6 Å². The van der Waals surface area contributed by atoms with Crippen LogP contribution < -0.4 is 0 Å². The molecule has 0 spiro atoms. The molecule has 1 heterocycles. The predicted molar refractivity (Wildman–Crippen MR) is 81.1 cm³/mol. The number of hydrogen-bond donors (Lipinski definition) is 0. The summed E-state index contributed by atoms with van der Waals surface area (Å²) in [4.78, 5) is 39.0. The molecule has 5 nitrogen and oxygen atoms in total. The monoisotopic (exact) mass is 320 g/mol. The van der Waals surface area contributed by atoms with Gasteiger partial charge in [0.2, 0.25) is 0 Å². The Morgan fingerprint density at radius 1 is 0.955 bits per heavy atom. The van der Waals surface area contributed by atoms with Crippen LogP contribution in [-0.2, 0) is 16.1 Å². The topological polar surface area (TPSA) is 57.7 Å². The predicted octanol–water partition coefficient (Wildman–Crippen LogP) is 2.96. The van der Waals surface area contributed by atoms with E-state index in [9.17, 15) is 14.4 Å². The van der Waals surface area contributed by atoms with Gasteiger partial charge in [-0.1, -0.05) is 43.0 Å². The van der Waals surface area contributed by atoms with Crippen LogP contribution in [0.1, 0.15) is 37.7 Å². The molecule has 0 bridgehead atoms. The van der Waals surface area contributed by atoms with Crippen molar-refractivity contribution in [2.45, 2.75) is 44.7 Å². The van der Waals surface area contributed by atoms with Gasteiger partial charge >= 0.3 is 17.8 Å². The Morgan fingerprint density at radius 3 is 2.23 bits per heavy atom. The average molecular weight is 321 g/mol. The van der Waals surface area contributed by atoms with Gasteiger partial charge in [0, 0.05) is 11.1 Å². The smallest absolute Gasteiger partial charge is 0.263 e. The molecule has 1 saturated heterocycles. The lowest BCUT2D eigenvalue weighted by Crippen LogP contribution is -2.42. The third-order valence-corrected chi connectivity index (χ3v) is 4.53. The second-order valence-electron chi connectivity index (χ2n) is 5.77. The molecular formula is C16H17ClN2O3. The van der Waals surface area contributed by atoms with Crippen molar-refractivity contribution in [3.63, 3.8) is 0 Å². The van der Waals surface area contributed by atoms with E-state index in [2.05, 4.69) is 0 Å². The van der Waals surface area contributed by atoms with Crippen LogP contribution in [0, 0.1) is 0 Å². The van der Waals surface area contributed by atoms with Crippen LogP contribution in [0.3, 0.4) is 0 Å². The molecule has 3 rings (SSSR count). The lowest BCUT2D eigenvalue weighted by atomic mass is 9.94. The van der Waals surface area contributed by atoms with E-state index in [-0.39, 0.29) is 12.6 Å². The number of nitrogens with zero attached hydrogens (tertiary/aromatic N) is 2. The highest BCUT2D eigenvalue weighted by atomic mass is 35.5. The summed E-state index contributed by atoms with van der Waals surface area (Å²) in [6.45, 7) is 0.101. The van der Waals surface area contributed by atoms with Gasteiger partial charge in [-0.25, -0.2) is 4.79 Å². The Hall–Kier alpha value is -1.88. The number of amides is 4. The van der Waals surface area contributed by atoms with Crippen molar-refractivity contribution in [2.75, 3.05) is 0 Å². The maximum absolute atomic E-state index is 12.5. The number of benzene rings is 1. The summed E-state index contributed by atoms with van der Waals surface area (Å²) in [6.07, 6.45) is 4.69. The highest BCUT2D eigenvalue weighted by Gasteiger charge is 2.47. The number of urea groups is 1. The Labute approximate surface area is 133 Å². The zero-order valence-electron chi connectivity index (χ0n) is 12.1. The number of carbonyl (C=O) groups is 3. The average Bonchev–Trinajstić information content (AvgIpc) is 2.74. The number of halogens is 1. The van der Waals surface area contributed by atoms with Gasteiger partial charge in [0.1, 0.15) is 0 Å². The van der Waals surface area contributed by atoms with Gasteiger partial charge in [-0.3, -0.25) is 19.4 Å². The third kappa shape index (κ3) is 2.73. The molecule has 2 fully saturated rings. The summed E-state index contributed by atoms with van der Waals surface area (Å²) in [5, 5.41) is 0.586. The molecule has 1 aliphatic carbocycles. The second kappa shape index (κ2) is 6.08. The molecule has 0 aromatic heterocycles. The summed E-state index contributed by atoms with van der Waals surface area (Å²) in [6, 6.07) is 6.27. The quantitative estimate of drug-likeness (QED) is 0.635. The van der Waals surface area contributed by atoms with E-state index in [1.807, 2.05) is 0 Å². The van der Waals surface area contributed by atoms with E-state index < -0.39 is 17.8 Å². The fourth-order valence-electron chi connectivity index (χ4n) is 3.10. The van der Waals surface area contributed by atoms with Crippen LogP contribution in [0.15, 0.2) is 24.3 Å². The van der Waals surface area contributed by atoms with Crippen LogP contribution in [0.5, 0.6) is 0 Å². The van der Waals surface area contributed by atoms with E-state index in [1.54, 1.807) is 24.3 Å². The SMILES string of the molecule is O=C1C(=O)N(C2CCCCC2)C(=O)N1Cc1ccc(Cl)cc1. The van der Waals surface area contributed by atoms with Gasteiger partial charge in [-0.05, 0) is 30.5 Å². The second-order valence-corrected chi connectivity index (χ2v) is 6.20. The molecule has 6 heteroatoms. The highest BCUT2D eigenvalue weighted by molar-refractivity contribution is 6.44.